The second-order valence-corrected chi connectivity index (χ2v) is 2.92. The fourth-order valence-corrected chi connectivity index (χ4v) is 1.10. The van der Waals surface area contributed by atoms with E-state index in [1.54, 1.807) is 31.2 Å². The van der Waals surface area contributed by atoms with Gasteiger partial charge in [0.1, 0.15) is 17.6 Å². The van der Waals surface area contributed by atoms with Crippen molar-refractivity contribution in [1.29, 1.82) is 5.26 Å². The molecule has 0 spiro atoms. The number of hydrogen-bond donors (Lipinski definition) is 1. The number of hydrogen-bond acceptors (Lipinski definition) is 3. The van der Waals surface area contributed by atoms with E-state index in [1.165, 1.54) is 6.08 Å². The van der Waals surface area contributed by atoms with Crippen molar-refractivity contribution < 1.29 is 4.79 Å². The Hall–Kier alpha value is -2.67. The molecule has 0 fully saturated rings. The molecular formula is C14H15N3O. The third-order valence-corrected chi connectivity index (χ3v) is 1.90. The van der Waals surface area contributed by atoms with Gasteiger partial charge in [-0.25, -0.2) is 4.98 Å². The van der Waals surface area contributed by atoms with Gasteiger partial charge in [-0.3, -0.25) is 4.79 Å². The average molecular weight is 241 g/mol. The van der Waals surface area contributed by atoms with Gasteiger partial charge in [0.05, 0.1) is 0 Å². The molecule has 0 aliphatic rings. The molecule has 0 aromatic carbocycles. The standard InChI is InChI=1S/C12H11N3O.C2H4/c1-3-9(4-2)12(16)15-11-7-5-6-10(8-13)14-11;1-2/h3-7H,1H2,2H3,(H,14,15,16);1-2H2/b9-4+;. The van der Waals surface area contributed by atoms with Crippen LogP contribution in [0.1, 0.15) is 12.6 Å². The van der Waals surface area contributed by atoms with E-state index in [4.69, 9.17) is 5.26 Å². The summed E-state index contributed by atoms with van der Waals surface area (Å²) in [5.74, 6) is 0.0605. The molecule has 1 rings (SSSR count). The summed E-state index contributed by atoms with van der Waals surface area (Å²) in [5.41, 5.74) is 0.725. The normalized spacial score (nSPS) is 9.44. The van der Waals surface area contributed by atoms with E-state index in [0.29, 0.717) is 11.4 Å². The molecule has 0 aliphatic heterocycles. The minimum Gasteiger partial charge on any atom is -0.307 e. The monoisotopic (exact) mass is 241 g/mol. The number of carbonyl (C=O) groups is 1. The number of nitriles is 1. The molecule has 1 heterocycles. The van der Waals surface area contributed by atoms with E-state index in [2.05, 4.69) is 30.0 Å². The summed E-state index contributed by atoms with van der Waals surface area (Å²) in [7, 11) is 0. The van der Waals surface area contributed by atoms with Gasteiger partial charge in [0.25, 0.3) is 5.91 Å². The van der Waals surface area contributed by atoms with Crippen LogP contribution >= 0.6 is 0 Å². The first-order chi connectivity index (χ1) is 8.71. The number of amides is 1. The zero-order valence-electron chi connectivity index (χ0n) is 10.3. The van der Waals surface area contributed by atoms with Gasteiger partial charge in [0.15, 0.2) is 0 Å². The molecule has 4 heteroatoms. The van der Waals surface area contributed by atoms with Crippen LogP contribution in [0.2, 0.25) is 0 Å². The highest BCUT2D eigenvalue weighted by Crippen LogP contribution is 2.06. The van der Waals surface area contributed by atoms with Gasteiger partial charge in [-0.2, -0.15) is 5.26 Å². The maximum Gasteiger partial charge on any atom is 0.256 e. The van der Waals surface area contributed by atoms with Gasteiger partial charge < -0.3 is 5.32 Å². The summed E-state index contributed by atoms with van der Waals surface area (Å²) >= 11 is 0. The number of nitrogens with one attached hydrogen (secondary N) is 1. The van der Waals surface area contributed by atoms with E-state index < -0.39 is 0 Å². The highest BCUT2D eigenvalue weighted by atomic mass is 16.1. The maximum atomic E-state index is 11.6. The third kappa shape index (κ3) is 4.45. The SMILES string of the molecule is C=C.C=C/C(=C\C)C(=O)Nc1cccc(C#N)n1. The second kappa shape index (κ2) is 8.48. The Kier molecular flexibility index (Phi) is 7.22. The zero-order valence-corrected chi connectivity index (χ0v) is 10.3. The van der Waals surface area contributed by atoms with Crippen LogP contribution in [0.15, 0.2) is 55.7 Å². The smallest absolute Gasteiger partial charge is 0.256 e. The van der Waals surface area contributed by atoms with E-state index >= 15 is 0 Å². The van der Waals surface area contributed by atoms with Crippen LogP contribution in [0.25, 0.3) is 0 Å². The highest BCUT2D eigenvalue weighted by Gasteiger charge is 2.06. The molecule has 0 atom stereocenters. The topological polar surface area (TPSA) is 65.8 Å². The Balaban J connectivity index is 0.00000137. The summed E-state index contributed by atoms with van der Waals surface area (Å²) < 4.78 is 0. The number of pyridine rings is 1. The largest absolute Gasteiger partial charge is 0.307 e. The van der Waals surface area contributed by atoms with Gasteiger partial charge in [-0.1, -0.05) is 24.8 Å². The first-order valence-corrected chi connectivity index (χ1v) is 5.18. The van der Waals surface area contributed by atoms with Crippen molar-refractivity contribution in [3.8, 4) is 6.07 Å². The molecule has 0 radical (unpaired) electrons. The van der Waals surface area contributed by atoms with Crippen molar-refractivity contribution in [2.24, 2.45) is 0 Å². The van der Waals surface area contributed by atoms with Crippen molar-refractivity contribution in [1.82, 2.24) is 4.98 Å². The molecule has 0 unspecified atom stereocenters. The van der Waals surface area contributed by atoms with Crippen LogP contribution in [-0.2, 0) is 4.79 Å². The molecule has 1 N–H and O–H groups in total. The second-order valence-electron chi connectivity index (χ2n) is 2.92. The first-order valence-electron chi connectivity index (χ1n) is 5.18. The predicted molar refractivity (Wildman–Crippen MR) is 72.8 cm³/mol. The fraction of sp³-hybridized carbons (Fsp3) is 0.0714. The summed E-state index contributed by atoms with van der Waals surface area (Å²) in [6.45, 7) is 11.3. The number of anilines is 1. The fourth-order valence-electron chi connectivity index (χ4n) is 1.10. The number of allylic oxidation sites excluding steroid dienone is 1. The lowest BCUT2D eigenvalue weighted by atomic mass is 10.2. The maximum absolute atomic E-state index is 11.6. The molecule has 1 aromatic heterocycles. The molecule has 1 amide bonds. The van der Waals surface area contributed by atoms with Crippen molar-refractivity contribution in [2.45, 2.75) is 6.92 Å². The molecule has 1 aromatic rings. The number of nitrogens with zero attached hydrogens (tertiary/aromatic N) is 2. The number of rotatable bonds is 3. The molecule has 0 aliphatic carbocycles. The quantitative estimate of drug-likeness (QED) is 0.502. The summed E-state index contributed by atoms with van der Waals surface area (Å²) in [4.78, 5) is 15.5. The number of carbonyl (C=O) groups excluding carboxylic acids is 1. The molecular weight excluding hydrogens is 226 g/mol. The van der Waals surface area contributed by atoms with Gasteiger partial charge in [-0.15, -0.1) is 13.2 Å². The Bertz CT molecular complexity index is 498. The Morgan fingerprint density at radius 1 is 1.50 bits per heavy atom. The van der Waals surface area contributed by atoms with E-state index in [9.17, 15) is 4.79 Å². The van der Waals surface area contributed by atoms with E-state index in [-0.39, 0.29) is 11.6 Å². The zero-order chi connectivity index (χ0) is 14.0. The molecule has 4 nitrogen and oxygen atoms in total. The van der Waals surface area contributed by atoms with Crippen molar-refractivity contribution in [3.63, 3.8) is 0 Å². The van der Waals surface area contributed by atoms with Crippen molar-refractivity contribution in [2.75, 3.05) is 5.32 Å². The van der Waals surface area contributed by atoms with Crippen molar-refractivity contribution >= 4 is 11.7 Å². The Labute approximate surface area is 107 Å². The average Bonchev–Trinajstić information content (AvgIpc) is 2.42. The molecule has 0 bridgehead atoms. The Morgan fingerprint density at radius 2 is 2.17 bits per heavy atom. The molecule has 18 heavy (non-hydrogen) atoms. The summed E-state index contributed by atoms with van der Waals surface area (Å²) in [5, 5.41) is 11.2. The Morgan fingerprint density at radius 3 is 2.67 bits per heavy atom. The predicted octanol–water partition coefficient (Wildman–Crippen LogP) is 2.83. The first kappa shape index (κ1) is 15.3. The summed E-state index contributed by atoms with van der Waals surface area (Å²) in [6.07, 6.45) is 3.11. The highest BCUT2D eigenvalue weighted by molar-refractivity contribution is 6.05. The lowest BCUT2D eigenvalue weighted by Crippen LogP contribution is -2.14. The van der Waals surface area contributed by atoms with Crippen LogP contribution < -0.4 is 5.32 Å². The van der Waals surface area contributed by atoms with Crippen LogP contribution in [0.5, 0.6) is 0 Å². The molecule has 0 saturated carbocycles. The van der Waals surface area contributed by atoms with Gasteiger partial charge in [0.2, 0.25) is 0 Å². The number of aromatic nitrogens is 1. The lowest BCUT2D eigenvalue weighted by molar-refractivity contribution is -0.112. The minimum atomic E-state index is -0.292. The van der Waals surface area contributed by atoms with Gasteiger partial charge in [-0.05, 0) is 19.1 Å². The van der Waals surface area contributed by atoms with Crippen LogP contribution in [0, 0.1) is 11.3 Å². The molecule has 92 valence electrons. The summed E-state index contributed by atoms with van der Waals surface area (Å²) in [6, 6.07) is 6.75. The van der Waals surface area contributed by atoms with E-state index in [0.717, 1.165) is 0 Å². The van der Waals surface area contributed by atoms with Gasteiger partial charge >= 0.3 is 0 Å². The van der Waals surface area contributed by atoms with Crippen LogP contribution in [0.3, 0.4) is 0 Å². The molecule has 0 saturated heterocycles. The minimum absolute atomic E-state index is 0.262. The van der Waals surface area contributed by atoms with Crippen LogP contribution in [-0.4, -0.2) is 10.9 Å². The van der Waals surface area contributed by atoms with Gasteiger partial charge in [0, 0.05) is 5.57 Å². The lowest BCUT2D eigenvalue weighted by Gasteiger charge is -2.04. The van der Waals surface area contributed by atoms with E-state index in [1.807, 2.05) is 6.07 Å². The van der Waals surface area contributed by atoms with Crippen molar-refractivity contribution in [3.05, 3.63) is 61.4 Å². The van der Waals surface area contributed by atoms with Crippen LogP contribution in [0.4, 0.5) is 5.82 Å². The third-order valence-electron chi connectivity index (χ3n) is 1.90.